The van der Waals surface area contributed by atoms with E-state index in [4.69, 9.17) is 0 Å². The maximum absolute atomic E-state index is 14.7. The Balaban J connectivity index is 1.28. The normalized spacial score (nSPS) is 20.6. The summed E-state index contributed by atoms with van der Waals surface area (Å²) in [6, 6.07) is 31.5. The van der Waals surface area contributed by atoms with Crippen molar-refractivity contribution in [3.05, 3.63) is 115 Å². The van der Waals surface area contributed by atoms with Crippen molar-refractivity contribution in [3.8, 4) is 0 Å². The van der Waals surface area contributed by atoms with Crippen molar-refractivity contribution in [1.29, 1.82) is 0 Å². The predicted octanol–water partition coefficient (Wildman–Crippen LogP) is 7.50. The second kappa shape index (κ2) is 11.7. The number of urea groups is 2. The van der Waals surface area contributed by atoms with Crippen LogP contribution < -0.4 is 9.80 Å². The third-order valence-corrected chi connectivity index (χ3v) is 9.86. The van der Waals surface area contributed by atoms with Crippen molar-refractivity contribution in [3.63, 3.8) is 0 Å². The first-order chi connectivity index (χ1) is 21.5. The zero-order chi connectivity index (χ0) is 30.2. The van der Waals surface area contributed by atoms with Gasteiger partial charge in [-0.2, -0.15) is 0 Å². The molecule has 2 saturated heterocycles. The van der Waals surface area contributed by atoms with Gasteiger partial charge in [-0.05, 0) is 67.3 Å². The van der Waals surface area contributed by atoms with Crippen molar-refractivity contribution >= 4 is 52.5 Å². The van der Waals surface area contributed by atoms with E-state index in [0.717, 1.165) is 28.3 Å². The van der Waals surface area contributed by atoms with Crippen LogP contribution in [0, 0.1) is 0 Å². The lowest BCUT2D eigenvalue weighted by Gasteiger charge is -2.54. The molecule has 9 heteroatoms. The zero-order valence-corrected chi connectivity index (χ0v) is 24.8. The fourth-order valence-corrected chi connectivity index (χ4v) is 7.85. The van der Waals surface area contributed by atoms with E-state index >= 15 is 0 Å². The molecule has 8 nitrogen and oxygen atoms in total. The molecule has 7 rings (SSSR count). The second-order valence-corrected chi connectivity index (χ2v) is 12.3. The second-order valence-electron chi connectivity index (χ2n) is 11.3. The summed E-state index contributed by atoms with van der Waals surface area (Å²) in [5.74, 6) is -0.417. The molecule has 3 atom stereocenters. The molecule has 0 saturated carbocycles. The molecule has 4 amide bonds. The number of carboxylic acid groups (broad SMARTS) is 1. The molecule has 3 heterocycles. The number of fused-ring (bicyclic) bond motifs is 4. The fourth-order valence-electron chi connectivity index (χ4n) is 6.82. The molecule has 0 aromatic heterocycles. The van der Waals surface area contributed by atoms with Crippen LogP contribution in [0.2, 0.25) is 0 Å². The van der Waals surface area contributed by atoms with Crippen molar-refractivity contribution in [2.45, 2.75) is 48.0 Å². The molecule has 2 bridgehead atoms. The predicted molar refractivity (Wildman–Crippen MR) is 172 cm³/mol. The highest BCUT2D eigenvalue weighted by Gasteiger charge is 2.53. The van der Waals surface area contributed by atoms with Crippen LogP contribution in [-0.4, -0.2) is 57.6 Å². The van der Waals surface area contributed by atoms with Crippen molar-refractivity contribution in [2.75, 3.05) is 16.3 Å². The van der Waals surface area contributed by atoms with Gasteiger partial charge < -0.3 is 14.9 Å². The smallest absolute Gasteiger partial charge is 0.330 e. The quantitative estimate of drug-likeness (QED) is 0.262. The molecule has 3 aliphatic rings. The molecule has 3 aliphatic heterocycles. The Labute approximate surface area is 260 Å². The van der Waals surface area contributed by atoms with Gasteiger partial charge in [0.25, 0.3) is 0 Å². The lowest BCUT2D eigenvalue weighted by molar-refractivity contribution is -0.148. The van der Waals surface area contributed by atoms with Gasteiger partial charge in [0.2, 0.25) is 0 Å². The number of hydrogen-bond donors (Lipinski definition) is 1. The number of rotatable bonds is 3. The first-order valence-electron chi connectivity index (χ1n) is 14.9. The number of piperidine rings is 1. The van der Waals surface area contributed by atoms with Crippen LogP contribution >= 0.6 is 11.8 Å². The highest BCUT2D eigenvalue weighted by atomic mass is 32.2. The summed E-state index contributed by atoms with van der Waals surface area (Å²) in [6.45, 7) is 0.128. The van der Waals surface area contributed by atoms with Crippen molar-refractivity contribution in [2.24, 2.45) is 0 Å². The van der Waals surface area contributed by atoms with Crippen LogP contribution in [0.4, 0.5) is 32.3 Å². The van der Waals surface area contributed by atoms with Crippen LogP contribution in [0.15, 0.2) is 114 Å². The molecule has 44 heavy (non-hydrogen) atoms. The number of thioether (sulfide) groups is 1. The Bertz CT molecular complexity index is 1610. The van der Waals surface area contributed by atoms with Gasteiger partial charge in [0, 0.05) is 17.2 Å². The zero-order valence-electron chi connectivity index (χ0n) is 24.0. The van der Waals surface area contributed by atoms with Gasteiger partial charge in [-0.25, -0.2) is 14.4 Å². The Morgan fingerprint density at radius 2 is 1.36 bits per heavy atom. The summed E-state index contributed by atoms with van der Waals surface area (Å²) in [5, 5.41) is 10.7. The number of carbonyl (C=O) groups excluding carboxylic acids is 2. The molecule has 4 aromatic rings. The van der Waals surface area contributed by atoms with E-state index in [-0.39, 0.29) is 24.6 Å². The highest BCUT2D eigenvalue weighted by Crippen LogP contribution is 2.44. The Kier molecular flexibility index (Phi) is 7.47. The van der Waals surface area contributed by atoms with E-state index in [0.29, 0.717) is 30.0 Å². The minimum absolute atomic E-state index is 0.128. The summed E-state index contributed by atoms with van der Waals surface area (Å²) < 4.78 is 0. The summed E-state index contributed by atoms with van der Waals surface area (Å²) in [6.07, 6.45) is 1.95. The molecule has 0 spiro atoms. The SMILES string of the molecule is O=C(O)[C@@H]1[C@H]2CCC[C@@H](CN1C(=O)N1c3ccccc3CSc3ccccc31)N2C(=O)N(c1ccccc1)c1ccccc1. The van der Waals surface area contributed by atoms with E-state index < -0.39 is 18.1 Å². The largest absolute Gasteiger partial charge is 0.480 e. The first-order valence-corrected chi connectivity index (χ1v) is 15.9. The monoisotopic (exact) mass is 604 g/mol. The standard InChI is InChI=1S/C35H32N4O4S/c40-33(41)32-30-20-11-17-27(38(30)35(43)37(25-13-3-1-4-14-25)26-15-5-2-6-16-26)22-36(32)34(42)39-28-18-8-7-12-24(28)23-44-31-21-10-9-19-29(31)39/h1-10,12-16,18-19,21,27,30,32H,11,17,20,22-23H2,(H,40,41)/t27-,30+,32-/m0/s1. The molecule has 1 N–H and O–H groups in total. The molecule has 4 aromatic carbocycles. The van der Waals surface area contributed by atoms with Crippen LogP contribution in [0.5, 0.6) is 0 Å². The fraction of sp³-hybridized carbons (Fsp3) is 0.229. The molecule has 0 unspecified atom stereocenters. The third-order valence-electron chi connectivity index (χ3n) is 8.75. The number of carbonyl (C=O) groups is 3. The first kappa shape index (κ1) is 28.0. The number of piperazine rings is 1. The van der Waals surface area contributed by atoms with Crippen LogP contribution in [0.1, 0.15) is 24.8 Å². The van der Waals surface area contributed by atoms with Gasteiger partial charge in [0.05, 0.1) is 34.8 Å². The number of carboxylic acids is 1. The van der Waals surface area contributed by atoms with Crippen molar-refractivity contribution < 1.29 is 19.5 Å². The number of nitrogens with zero attached hydrogens (tertiary/aromatic N) is 4. The lowest BCUT2D eigenvalue weighted by Crippen LogP contribution is -2.72. The Morgan fingerprint density at radius 1 is 0.750 bits per heavy atom. The molecular weight excluding hydrogens is 572 g/mol. The van der Waals surface area contributed by atoms with E-state index in [1.165, 1.54) is 4.90 Å². The van der Waals surface area contributed by atoms with Crippen molar-refractivity contribution in [1.82, 2.24) is 9.80 Å². The number of hydrogen-bond acceptors (Lipinski definition) is 4. The molecule has 0 radical (unpaired) electrons. The number of benzene rings is 4. The third kappa shape index (κ3) is 4.87. The maximum atomic E-state index is 14.7. The summed E-state index contributed by atoms with van der Waals surface area (Å²) in [4.78, 5) is 49.9. The lowest BCUT2D eigenvalue weighted by atomic mass is 9.86. The van der Waals surface area contributed by atoms with E-state index in [2.05, 4.69) is 0 Å². The van der Waals surface area contributed by atoms with Crippen LogP contribution in [0.3, 0.4) is 0 Å². The topological polar surface area (TPSA) is 84.4 Å². The number of para-hydroxylation sites is 4. The minimum Gasteiger partial charge on any atom is -0.480 e. The van der Waals surface area contributed by atoms with Crippen LogP contribution in [-0.2, 0) is 10.5 Å². The summed E-state index contributed by atoms with van der Waals surface area (Å²) in [7, 11) is 0. The van der Waals surface area contributed by atoms with Gasteiger partial charge >= 0.3 is 18.0 Å². The minimum atomic E-state index is -1.20. The van der Waals surface area contributed by atoms with E-state index in [1.54, 1.807) is 26.5 Å². The summed E-state index contributed by atoms with van der Waals surface area (Å²) >= 11 is 1.66. The molecule has 222 valence electrons. The average molecular weight is 605 g/mol. The van der Waals surface area contributed by atoms with Gasteiger partial charge in [-0.3, -0.25) is 9.80 Å². The van der Waals surface area contributed by atoms with E-state index in [9.17, 15) is 19.5 Å². The highest BCUT2D eigenvalue weighted by molar-refractivity contribution is 7.98. The van der Waals surface area contributed by atoms with Gasteiger partial charge in [0.15, 0.2) is 6.04 Å². The number of amides is 4. The average Bonchev–Trinajstić information content (AvgIpc) is 3.22. The number of likely N-dealkylation sites (tertiary alicyclic amines) is 1. The maximum Gasteiger partial charge on any atom is 0.330 e. The van der Waals surface area contributed by atoms with Gasteiger partial charge in [-0.15, -0.1) is 11.8 Å². The van der Waals surface area contributed by atoms with E-state index in [1.807, 2.05) is 109 Å². The Morgan fingerprint density at radius 3 is 2.05 bits per heavy atom. The number of anilines is 4. The summed E-state index contributed by atoms with van der Waals surface area (Å²) in [5.41, 5.74) is 3.89. The number of aliphatic carboxylic acids is 1. The van der Waals surface area contributed by atoms with Gasteiger partial charge in [0.1, 0.15) is 0 Å². The molecular formula is C35H32N4O4S. The van der Waals surface area contributed by atoms with Crippen LogP contribution in [0.25, 0.3) is 0 Å². The Hall–Kier alpha value is -4.76. The molecule has 0 aliphatic carbocycles. The van der Waals surface area contributed by atoms with Gasteiger partial charge in [-0.1, -0.05) is 66.7 Å². The molecule has 2 fully saturated rings.